The number of hydrogen-bond acceptors (Lipinski definition) is 8. The number of aliphatic carboxylic acids is 2. The molecule has 0 heterocycles. The lowest BCUT2D eigenvalue weighted by Gasteiger charge is -2.20. The Labute approximate surface area is 160 Å². The molecule has 28 heavy (non-hydrogen) atoms. The maximum atomic E-state index is 12.2. The van der Waals surface area contributed by atoms with E-state index in [4.69, 9.17) is 0 Å². The van der Waals surface area contributed by atoms with Crippen molar-refractivity contribution in [1.29, 1.82) is 0 Å². The van der Waals surface area contributed by atoms with E-state index >= 15 is 0 Å². The zero-order valence-corrected chi connectivity index (χ0v) is 15.5. The molecule has 2 N–H and O–H groups in total. The molecule has 150 valence electrons. The van der Waals surface area contributed by atoms with Crippen molar-refractivity contribution in [2.24, 2.45) is 0 Å². The van der Waals surface area contributed by atoms with Crippen LogP contribution in [0.25, 0.3) is 0 Å². The van der Waals surface area contributed by atoms with Gasteiger partial charge in [-0.15, -0.1) is 0 Å². The van der Waals surface area contributed by atoms with Crippen LogP contribution in [0.4, 0.5) is 0 Å². The quantitative estimate of drug-likeness (QED) is 0.542. The van der Waals surface area contributed by atoms with Gasteiger partial charge in [-0.05, 0) is 24.3 Å². The highest BCUT2D eigenvalue weighted by Gasteiger charge is 2.43. The first-order chi connectivity index (χ1) is 13.0. The van der Waals surface area contributed by atoms with Crippen LogP contribution < -0.4 is 0 Å². The van der Waals surface area contributed by atoms with E-state index < -0.39 is 54.2 Å². The van der Waals surface area contributed by atoms with Gasteiger partial charge in [-0.1, -0.05) is 36.4 Å². The molecule has 0 aliphatic carbocycles. The van der Waals surface area contributed by atoms with Crippen molar-refractivity contribution >= 4 is 32.2 Å². The van der Waals surface area contributed by atoms with Gasteiger partial charge in [0, 0.05) is 0 Å². The molecule has 0 saturated heterocycles. The summed E-state index contributed by atoms with van der Waals surface area (Å²) in [7, 11) is -9.44. The summed E-state index contributed by atoms with van der Waals surface area (Å²) in [6.45, 7) is 0. The fourth-order valence-electron chi connectivity index (χ4n) is 2.00. The minimum absolute atomic E-state index is 0.448. The fourth-order valence-corrected chi connectivity index (χ4v) is 4.12. The minimum Gasteiger partial charge on any atom is -0.479 e. The predicted molar refractivity (Wildman–Crippen MR) is 92.3 cm³/mol. The Morgan fingerprint density at radius 2 is 0.929 bits per heavy atom. The Hall–Kier alpha value is -2.80. The van der Waals surface area contributed by atoms with E-state index in [9.17, 15) is 36.6 Å². The average molecular weight is 430 g/mol. The van der Waals surface area contributed by atoms with E-state index in [0.717, 1.165) is 24.3 Å². The van der Waals surface area contributed by atoms with Gasteiger partial charge in [0.05, 0.1) is 9.79 Å². The van der Waals surface area contributed by atoms with Crippen molar-refractivity contribution in [2.45, 2.75) is 22.0 Å². The van der Waals surface area contributed by atoms with Crippen molar-refractivity contribution in [1.82, 2.24) is 0 Å². The Morgan fingerprint density at radius 3 is 1.18 bits per heavy atom. The highest BCUT2D eigenvalue weighted by Crippen LogP contribution is 2.21. The standard InChI is InChI=1S/C16H14O10S2/c17-15(18)13(25-27(21,22)11-7-3-1-4-8-11)14(16(19)20)26-28(23,24)12-9-5-2-6-10-12/h1-10,13-14H,(H,17,18)(H,19,20). The number of benzene rings is 2. The third-order valence-corrected chi connectivity index (χ3v) is 5.91. The Balaban J connectivity index is 2.38. The number of carbonyl (C=O) groups is 2. The SMILES string of the molecule is O=C(O)C(OS(=O)(=O)c1ccccc1)C(OS(=O)(=O)c1ccccc1)C(=O)O. The first-order valence-corrected chi connectivity index (χ1v) is 10.3. The predicted octanol–water partition coefficient (Wildman–Crippen LogP) is 0.704. The molecular formula is C16H14O10S2. The van der Waals surface area contributed by atoms with E-state index in [1.807, 2.05) is 0 Å². The van der Waals surface area contributed by atoms with Gasteiger partial charge >= 0.3 is 11.9 Å². The highest BCUT2D eigenvalue weighted by atomic mass is 32.2. The molecule has 12 heteroatoms. The number of hydrogen-bond donors (Lipinski definition) is 2. The van der Waals surface area contributed by atoms with Crippen molar-refractivity contribution in [3.8, 4) is 0 Å². The molecule has 0 aliphatic rings. The van der Waals surface area contributed by atoms with Crippen LogP contribution in [0.3, 0.4) is 0 Å². The van der Waals surface area contributed by atoms with Crippen LogP contribution in [-0.4, -0.2) is 51.2 Å². The maximum absolute atomic E-state index is 12.2. The summed E-state index contributed by atoms with van der Waals surface area (Å²) in [5, 5.41) is 18.5. The van der Waals surface area contributed by atoms with Crippen molar-refractivity contribution in [3.05, 3.63) is 60.7 Å². The summed E-state index contributed by atoms with van der Waals surface area (Å²) in [4.78, 5) is 22.0. The van der Waals surface area contributed by atoms with Gasteiger partial charge in [0.2, 0.25) is 12.2 Å². The first kappa shape index (κ1) is 21.5. The Bertz CT molecular complexity index is 960. The van der Waals surface area contributed by atoms with Crippen LogP contribution in [0.15, 0.2) is 70.5 Å². The largest absolute Gasteiger partial charge is 0.479 e. The molecular weight excluding hydrogens is 416 g/mol. The molecule has 0 amide bonds. The van der Waals surface area contributed by atoms with E-state index in [-0.39, 0.29) is 0 Å². The van der Waals surface area contributed by atoms with Crippen molar-refractivity contribution < 1.29 is 45.0 Å². The number of rotatable bonds is 9. The van der Waals surface area contributed by atoms with Gasteiger partial charge in [0.1, 0.15) is 0 Å². The monoisotopic (exact) mass is 430 g/mol. The fraction of sp³-hybridized carbons (Fsp3) is 0.125. The molecule has 2 rings (SSSR count). The van der Waals surface area contributed by atoms with Gasteiger partial charge in [-0.25, -0.2) is 18.0 Å². The smallest absolute Gasteiger partial charge is 0.337 e. The van der Waals surface area contributed by atoms with E-state index in [1.165, 1.54) is 36.4 Å². The van der Waals surface area contributed by atoms with Crippen LogP contribution in [0.1, 0.15) is 0 Å². The Kier molecular flexibility index (Phi) is 6.51. The molecule has 2 aromatic carbocycles. The second-order valence-electron chi connectivity index (χ2n) is 5.24. The van der Waals surface area contributed by atoms with Gasteiger partial charge in [0.15, 0.2) is 0 Å². The molecule has 0 radical (unpaired) electrons. The maximum Gasteiger partial charge on any atom is 0.337 e. The Morgan fingerprint density at radius 1 is 0.643 bits per heavy atom. The van der Waals surface area contributed by atoms with Crippen LogP contribution in [0, 0.1) is 0 Å². The van der Waals surface area contributed by atoms with Gasteiger partial charge < -0.3 is 10.2 Å². The number of carboxylic acid groups (broad SMARTS) is 2. The normalized spacial score (nSPS) is 14.1. The summed E-state index contributed by atoms with van der Waals surface area (Å²) < 4.78 is 57.9. The summed E-state index contributed by atoms with van der Waals surface area (Å²) in [5.41, 5.74) is 0. The van der Waals surface area contributed by atoms with Crippen LogP contribution in [0.5, 0.6) is 0 Å². The number of carboxylic acids is 2. The van der Waals surface area contributed by atoms with Gasteiger partial charge in [-0.2, -0.15) is 16.8 Å². The molecule has 0 fully saturated rings. The van der Waals surface area contributed by atoms with E-state index in [1.54, 1.807) is 0 Å². The van der Waals surface area contributed by atoms with Gasteiger partial charge in [-0.3, -0.25) is 0 Å². The molecule has 0 spiro atoms. The first-order valence-electron chi connectivity index (χ1n) is 7.47. The lowest BCUT2D eigenvalue weighted by Crippen LogP contribution is -2.45. The second kappa shape index (κ2) is 8.48. The molecule has 0 aliphatic heterocycles. The molecule has 2 atom stereocenters. The molecule has 2 unspecified atom stereocenters. The lowest BCUT2D eigenvalue weighted by molar-refractivity contribution is -0.161. The zero-order valence-electron chi connectivity index (χ0n) is 13.9. The minimum atomic E-state index is -4.72. The molecule has 0 bridgehead atoms. The van der Waals surface area contributed by atoms with Crippen LogP contribution >= 0.6 is 0 Å². The molecule has 2 aromatic rings. The van der Waals surface area contributed by atoms with Crippen molar-refractivity contribution in [3.63, 3.8) is 0 Å². The summed E-state index contributed by atoms with van der Waals surface area (Å²) in [5.74, 6) is -4.09. The second-order valence-corrected chi connectivity index (χ2v) is 8.39. The third-order valence-electron chi connectivity index (χ3n) is 3.29. The lowest BCUT2D eigenvalue weighted by atomic mass is 10.2. The molecule has 0 aromatic heterocycles. The average Bonchev–Trinajstić information content (AvgIpc) is 2.65. The third kappa shape index (κ3) is 5.13. The van der Waals surface area contributed by atoms with Crippen LogP contribution in [-0.2, 0) is 38.2 Å². The van der Waals surface area contributed by atoms with Gasteiger partial charge in [0.25, 0.3) is 20.2 Å². The van der Waals surface area contributed by atoms with Crippen molar-refractivity contribution in [2.75, 3.05) is 0 Å². The highest BCUT2D eigenvalue weighted by molar-refractivity contribution is 7.87. The summed E-state index contributed by atoms with van der Waals surface area (Å²) >= 11 is 0. The van der Waals surface area contributed by atoms with Crippen LogP contribution in [0.2, 0.25) is 0 Å². The molecule has 10 nitrogen and oxygen atoms in total. The topological polar surface area (TPSA) is 161 Å². The summed E-state index contributed by atoms with van der Waals surface area (Å²) in [6.07, 6.45) is -5.33. The van der Waals surface area contributed by atoms with E-state index in [0.29, 0.717) is 0 Å². The zero-order chi connectivity index (χ0) is 20.9. The summed E-state index contributed by atoms with van der Waals surface area (Å²) in [6, 6.07) is 12.7. The van der Waals surface area contributed by atoms with E-state index in [2.05, 4.69) is 8.37 Å². The molecule has 0 saturated carbocycles.